The standard InChI is InChI=1S/C23H25BrO4S2/c1-17(2)23(26)27-14-6-9-22(25)28-19(15-29-20-7-4-3-5-8-20)16-30-21-12-10-18(24)11-13-21/h3-5,7-8,10-13,19H,1,6,9,14-16H2,2H3. The molecule has 0 saturated heterocycles. The zero-order valence-electron chi connectivity index (χ0n) is 16.8. The second-order valence-electron chi connectivity index (χ2n) is 6.52. The molecule has 30 heavy (non-hydrogen) atoms. The van der Waals surface area contributed by atoms with E-state index in [1.165, 1.54) is 0 Å². The molecule has 0 spiro atoms. The van der Waals surface area contributed by atoms with Crippen molar-refractivity contribution < 1.29 is 19.1 Å². The summed E-state index contributed by atoms with van der Waals surface area (Å²) in [7, 11) is 0. The molecule has 0 saturated carbocycles. The zero-order valence-corrected chi connectivity index (χ0v) is 20.1. The molecule has 0 aliphatic heterocycles. The number of rotatable bonds is 12. The molecule has 2 aromatic carbocycles. The van der Waals surface area contributed by atoms with Gasteiger partial charge in [-0.3, -0.25) is 4.79 Å². The van der Waals surface area contributed by atoms with Crippen LogP contribution in [0.15, 0.2) is 81.0 Å². The molecule has 7 heteroatoms. The number of carbonyl (C=O) groups is 2. The number of benzene rings is 2. The van der Waals surface area contributed by atoms with Crippen LogP contribution in [-0.4, -0.2) is 36.2 Å². The zero-order chi connectivity index (χ0) is 21.8. The molecule has 0 aliphatic rings. The van der Waals surface area contributed by atoms with Crippen LogP contribution < -0.4 is 0 Å². The second-order valence-corrected chi connectivity index (χ2v) is 9.62. The van der Waals surface area contributed by atoms with Gasteiger partial charge in [0, 0.05) is 37.8 Å². The van der Waals surface area contributed by atoms with Crippen LogP contribution in [0.4, 0.5) is 0 Å². The van der Waals surface area contributed by atoms with Crippen molar-refractivity contribution in [1.82, 2.24) is 0 Å². The monoisotopic (exact) mass is 508 g/mol. The Morgan fingerprint density at radius 1 is 1.00 bits per heavy atom. The fourth-order valence-corrected chi connectivity index (χ4v) is 4.51. The van der Waals surface area contributed by atoms with E-state index >= 15 is 0 Å². The van der Waals surface area contributed by atoms with Gasteiger partial charge in [-0.05, 0) is 49.7 Å². The van der Waals surface area contributed by atoms with E-state index in [9.17, 15) is 9.59 Å². The summed E-state index contributed by atoms with van der Waals surface area (Å²) < 4.78 is 11.8. The smallest absolute Gasteiger partial charge is 0.333 e. The van der Waals surface area contributed by atoms with Crippen molar-refractivity contribution in [2.45, 2.75) is 35.7 Å². The van der Waals surface area contributed by atoms with Gasteiger partial charge in [-0.25, -0.2) is 4.79 Å². The summed E-state index contributed by atoms with van der Waals surface area (Å²) >= 11 is 6.76. The van der Waals surface area contributed by atoms with Crippen LogP contribution in [0.25, 0.3) is 0 Å². The highest BCUT2D eigenvalue weighted by molar-refractivity contribution is 9.10. The Balaban J connectivity index is 1.84. The first-order valence-electron chi connectivity index (χ1n) is 9.52. The predicted molar refractivity (Wildman–Crippen MR) is 127 cm³/mol. The highest BCUT2D eigenvalue weighted by Crippen LogP contribution is 2.25. The van der Waals surface area contributed by atoms with E-state index in [4.69, 9.17) is 9.47 Å². The summed E-state index contributed by atoms with van der Waals surface area (Å²) in [6.07, 6.45) is 0.407. The number of hydrogen-bond donors (Lipinski definition) is 0. The van der Waals surface area contributed by atoms with Crippen LogP contribution in [0.2, 0.25) is 0 Å². The Kier molecular flexibility index (Phi) is 11.1. The molecule has 0 aromatic heterocycles. The second kappa shape index (κ2) is 13.6. The highest BCUT2D eigenvalue weighted by atomic mass is 79.9. The van der Waals surface area contributed by atoms with Crippen LogP contribution in [-0.2, 0) is 19.1 Å². The molecule has 2 aromatic rings. The van der Waals surface area contributed by atoms with Crippen molar-refractivity contribution in [3.05, 3.63) is 71.2 Å². The third-order valence-corrected chi connectivity index (χ3v) is 6.65. The topological polar surface area (TPSA) is 52.6 Å². The minimum Gasteiger partial charge on any atom is -0.462 e. The normalized spacial score (nSPS) is 11.5. The molecule has 4 nitrogen and oxygen atoms in total. The van der Waals surface area contributed by atoms with Crippen molar-refractivity contribution in [2.75, 3.05) is 18.1 Å². The van der Waals surface area contributed by atoms with Crippen LogP contribution in [0.1, 0.15) is 19.8 Å². The van der Waals surface area contributed by atoms with Gasteiger partial charge >= 0.3 is 11.9 Å². The summed E-state index contributed by atoms with van der Waals surface area (Å²) in [5.74, 6) is 0.616. The van der Waals surface area contributed by atoms with Gasteiger partial charge in [0.1, 0.15) is 6.10 Å². The number of carbonyl (C=O) groups excluding carboxylic acids is 2. The Bertz CT molecular complexity index is 825. The molecule has 0 fully saturated rings. The van der Waals surface area contributed by atoms with Gasteiger partial charge in [0.15, 0.2) is 0 Å². The summed E-state index contributed by atoms with van der Waals surface area (Å²) in [5.41, 5.74) is 0.348. The molecule has 0 radical (unpaired) electrons. The maximum absolute atomic E-state index is 12.3. The van der Waals surface area contributed by atoms with E-state index in [0.29, 0.717) is 23.5 Å². The summed E-state index contributed by atoms with van der Waals surface area (Å²) in [4.78, 5) is 25.9. The fourth-order valence-electron chi connectivity index (χ4n) is 2.29. The van der Waals surface area contributed by atoms with Gasteiger partial charge in [0.25, 0.3) is 0 Å². The van der Waals surface area contributed by atoms with Gasteiger partial charge < -0.3 is 9.47 Å². The third-order valence-electron chi connectivity index (χ3n) is 3.83. The Labute approximate surface area is 194 Å². The molecule has 0 aliphatic carbocycles. The van der Waals surface area contributed by atoms with Crippen LogP contribution in [0, 0.1) is 0 Å². The summed E-state index contributed by atoms with van der Waals surface area (Å²) in [6, 6.07) is 18.1. The van der Waals surface area contributed by atoms with Crippen molar-refractivity contribution in [2.24, 2.45) is 0 Å². The molecule has 160 valence electrons. The van der Waals surface area contributed by atoms with E-state index in [1.807, 2.05) is 54.6 Å². The van der Waals surface area contributed by atoms with Gasteiger partial charge in [-0.1, -0.05) is 40.7 Å². The molecule has 0 N–H and O–H groups in total. The maximum atomic E-state index is 12.3. The van der Waals surface area contributed by atoms with Gasteiger partial charge in [0.05, 0.1) is 6.61 Å². The number of ether oxygens (including phenoxy) is 2. The SMILES string of the molecule is C=C(C)C(=O)OCCCC(=O)OC(CSc1ccccc1)CSc1ccc(Br)cc1. The Morgan fingerprint density at radius 3 is 2.20 bits per heavy atom. The Morgan fingerprint density at radius 2 is 1.60 bits per heavy atom. The molecular weight excluding hydrogens is 484 g/mol. The molecular formula is C23H25BrO4S2. The van der Waals surface area contributed by atoms with E-state index in [0.717, 1.165) is 14.3 Å². The van der Waals surface area contributed by atoms with Gasteiger partial charge in [-0.15, -0.1) is 23.5 Å². The lowest BCUT2D eigenvalue weighted by molar-refractivity contribution is -0.148. The highest BCUT2D eigenvalue weighted by Gasteiger charge is 2.16. The minimum atomic E-state index is -0.439. The number of thioether (sulfide) groups is 2. The number of hydrogen-bond acceptors (Lipinski definition) is 6. The Hall–Kier alpha value is -1.70. The maximum Gasteiger partial charge on any atom is 0.333 e. The van der Waals surface area contributed by atoms with E-state index in [1.54, 1.807) is 30.4 Å². The van der Waals surface area contributed by atoms with E-state index < -0.39 is 5.97 Å². The van der Waals surface area contributed by atoms with Crippen LogP contribution in [0.3, 0.4) is 0 Å². The van der Waals surface area contributed by atoms with Crippen LogP contribution in [0.5, 0.6) is 0 Å². The molecule has 0 amide bonds. The predicted octanol–water partition coefficient (Wildman–Crippen LogP) is 6.14. The summed E-state index contributed by atoms with van der Waals surface area (Å²) in [6.45, 7) is 5.30. The molecule has 0 heterocycles. The quantitative estimate of drug-likeness (QED) is 0.148. The molecule has 0 bridgehead atoms. The first kappa shape index (κ1) is 24.6. The van der Waals surface area contributed by atoms with Crippen molar-refractivity contribution >= 4 is 51.4 Å². The third kappa shape index (κ3) is 9.87. The number of halogens is 1. The molecule has 2 rings (SSSR count). The summed E-state index contributed by atoms with van der Waals surface area (Å²) in [5, 5.41) is 0. The average Bonchev–Trinajstić information content (AvgIpc) is 2.74. The lowest BCUT2D eigenvalue weighted by atomic mass is 10.3. The minimum absolute atomic E-state index is 0.178. The van der Waals surface area contributed by atoms with Crippen molar-refractivity contribution in [3.63, 3.8) is 0 Å². The largest absolute Gasteiger partial charge is 0.462 e. The van der Waals surface area contributed by atoms with Crippen molar-refractivity contribution in [1.29, 1.82) is 0 Å². The first-order chi connectivity index (χ1) is 14.4. The lowest BCUT2D eigenvalue weighted by Gasteiger charge is -2.18. The van der Waals surface area contributed by atoms with Crippen molar-refractivity contribution in [3.8, 4) is 0 Å². The van der Waals surface area contributed by atoms with Gasteiger partial charge in [-0.2, -0.15) is 0 Å². The molecule has 1 unspecified atom stereocenters. The van der Waals surface area contributed by atoms with E-state index in [2.05, 4.69) is 22.5 Å². The van der Waals surface area contributed by atoms with E-state index in [-0.39, 0.29) is 25.1 Å². The van der Waals surface area contributed by atoms with Gasteiger partial charge in [0.2, 0.25) is 0 Å². The average molecular weight is 509 g/mol. The lowest BCUT2D eigenvalue weighted by Crippen LogP contribution is -2.23. The molecule has 1 atom stereocenters. The number of esters is 2. The van der Waals surface area contributed by atoms with Crippen LogP contribution >= 0.6 is 39.5 Å². The fraction of sp³-hybridized carbons (Fsp3) is 0.304. The first-order valence-corrected chi connectivity index (χ1v) is 12.3.